The fourth-order valence-electron chi connectivity index (χ4n) is 1.46. The fraction of sp³-hybridized carbons (Fsp3) is 0.250. The van der Waals surface area contributed by atoms with E-state index >= 15 is 0 Å². The summed E-state index contributed by atoms with van der Waals surface area (Å²) in [4.78, 5) is 15.2. The number of carbonyl (C=O) groups is 1. The molecule has 7 heteroatoms. The molecule has 2 rings (SSSR count). The number of rotatable bonds is 4. The molecule has 0 aliphatic rings. The number of esters is 1. The Balaban J connectivity index is 2.18. The van der Waals surface area contributed by atoms with Gasteiger partial charge in [0.2, 0.25) is 0 Å². The molecular formula is C12H12FN3O3. The van der Waals surface area contributed by atoms with E-state index in [1.807, 2.05) is 0 Å². The second-order valence-electron chi connectivity index (χ2n) is 3.71. The van der Waals surface area contributed by atoms with Gasteiger partial charge in [-0.15, -0.1) is 0 Å². The molecule has 2 aromatic rings. The average molecular weight is 265 g/mol. The molecule has 0 spiro atoms. The van der Waals surface area contributed by atoms with E-state index in [0.29, 0.717) is 5.56 Å². The van der Waals surface area contributed by atoms with E-state index in [9.17, 15) is 9.18 Å². The highest BCUT2D eigenvalue weighted by Crippen LogP contribution is 2.17. The maximum Gasteiger partial charge on any atom is 0.397 e. The summed E-state index contributed by atoms with van der Waals surface area (Å²) in [6, 6.07) is 4.89. The largest absolute Gasteiger partial charge is 0.459 e. The summed E-state index contributed by atoms with van der Waals surface area (Å²) < 4.78 is 22.3. The van der Waals surface area contributed by atoms with Crippen molar-refractivity contribution in [2.24, 2.45) is 5.73 Å². The monoisotopic (exact) mass is 265 g/mol. The topological polar surface area (TPSA) is 91.2 Å². The van der Waals surface area contributed by atoms with Crippen LogP contribution in [0.2, 0.25) is 0 Å². The van der Waals surface area contributed by atoms with E-state index in [1.165, 1.54) is 24.3 Å². The van der Waals surface area contributed by atoms with Crippen LogP contribution >= 0.6 is 0 Å². The molecule has 1 aromatic heterocycles. The maximum absolute atomic E-state index is 12.8. The molecule has 0 fully saturated rings. The molecule has 100 valence electrons. The molecule has 19 heavy (non-hydrogen) atoms. The molecule has 1 unspecified atom stereocenters. The van der Waals surface area contributed by atoms with Crippen LogP contribution in [0.15, 0.2) is 28.8 Å². The van der Waals surface area contributed by atoms with E-state index < -0.39 is 12.0 Å². The van der Waals surface area contributed by atoms with Crippen LogP contribution in [0.25, 0.3) is 0 Å². The van der Waals surface area contributed by atoms with Gasteiger partial charge in [0.15, 0.2) is 5.82 Å². The Morgan fingerprint density at radius 2 is 2.16 bits per heavy atom. The molecular weight excluding hydrogens is 253 g/mol. The molecule has 2 N–H and O–H groups in total. The van der Waals surface area contributed by atoms with Crippen LogP contribution in [0.4, 0.5) is 4.39 Å². The van der Waals surface area contributed by atoms with Crippen LogP contribution < -0.4 is 5.73 Å². The van der Waals surface area contributed by atoms with Crippen molar-refractivity contribution in [3.63, 3.8) is 0 Å². The van der Waals surface area contributed by atoms with Crippen molar-refractivity contribution >= 4 is 5.97 Å². The molecule has 1 heterocycles. The zero-order chi connectivity index (χ0) is 13.8. The molecule has 0 bridgehead atoms. The van der Waals surface area contributed by atoms with E-state index in [-0.39, 0.29) is 24.1 Å². The summed E-state index contributed by atoms with van der Waals surface area (Å²) in [5.41, 5.74) is 6.50. The minimum atomic E-state index is -0.701. The molecule has 0 saturated heterocycles. The SMILES string of the molecule is CCOC(=O)c1nc(C(N)c2ccc(F)cc2)no1. The van der Waals surface area contributed by atoms with Gasteiger partial charge in [-0.05, 0) is 24.6 Å². The maximum atomic E-state index is 12.8. The first-order chi connectivity index (χ1) is 9.11. The minimum absolute atomic E-state index is 0.134. The highest BCUT2D eigenvalue weighted by atomic mass is 19.1. The highest BCUT2D eigenvalue weighted by Gasteiger charge is 2.20. The van der Waals surface area contributed by atoms with Crippen LogP contribution in [0, 0.1) is 5.82 Å². The van der Waals surface area contributed by atoms with Gasteiger partial charge in [-0.3, -0.25) is 0 Å². The van der Waals surface area contributed by atoms with Crippen LogP contribution in [0.3, 0.4) is 0 Å². The lowest BCUT2D eigenvalue weighted by atomic mass is 10.1. The van der Waals surface area contributed by atoms with Crippen LogP contribution in [0.5, 0.6) is 0 Å². The smallest absolute Gasteiger partial charge is 0.397 e. The van der Waals surface area contributed by atoms with Gasteiger partial charge >= 0.3 is 11.9 Å². The van der Waals surface area contributed by atoms with Gasteiger partial charge in [-0.2, -0.15) is 4.98 Å². The van der Waals surface area contributed by atoms with Gasteiger partial charge in [-0.25, -0.2) is 9.18 Å². The number of hydrogen-bond acceptors (Lipinski definition) is 6. The van der Waals surface area contributed by atoms with E-state index in [2.05, 4.69) is 10.1 Å². The predicted molar refractivity (Wildman–Crippen MR) is 62.7 cm³/mol. The third-order valence-corrected chi connectivity index (χ3v) is 2.40. The van der Waals surface area contributed by atoms with Gasteiger partial charge in [0.1, 0.15) is 5.82 Å². The predicted octanol–water partition coefficient (Wildman–Crippen LogP) is 1.43. The normalized spacial score (nSPS) is 12.2. The van der Waals surface area contributed by atoms with Crippen molar-refractivity contribution < 1.29 is 18.4 Å². The molecule has 0 aliphatic carbocycles. The molecule has 1 atom stereocenters. The van der Waals surface area contributed by atoms with Crippen molar-refractivity contribution in [1.29, 1.82) is 0 Å². The van der Waals surface area contributed by atoms with Gasteiger partial charge in [0.25, 0.3) is 0 Å². The molecule has 6 nitrogen and oxygen atoms in total. The number of nitrogens with zero attached hydrogens (tertiary/aromatic N) is 2. The van der Waals surface area contributed by atoms with Crippen molar-refractivity contribution in [3.8, 4) is 0 Å². The Morgan fingerprint density at radius 1 is 1.47 bits per heavy atom. The summed E-state index contributed by atoms with van der Waals surface area (Å²) >= 11 is 0. The third-order valence-electron chi connectivity index (χ3n) is 2.40. The quantitative estimate of drug-likeness (QED) is 0.841. The van der Waals surface area contributed by atoms with Gasteiger partial charge < -0.3 is 15.0 Å². The summed E-state index contributed by atoms with van der Waals surface area (Å²) in [6.07, 6.45) is 0. The number of benzene rings is 1. The second kappa shape index (κ2) is 5.57. The number of aromatic nitrogens is 2. The fourth-order valence-corrected chi connectivity index (χ4v) is 1.46. The molecule has 0 amide bonds. The first kappa shape index (κ1) is 13.2. The average Bonchev–Trinajstić information content (AvgIpc) is 2.89. The first-order valence-corrected chi connectivity index (χ1v) is 5.63. The Morgan fingerprint density at radius 3 is 2.79 bits per heavy atom. The summed E-state index contributed by atoms with van der Waals surface area (Å²) in [6.45, 7) is 1.87. The lowest BCUT2D eigenvalue weighted by molar-refractivity contribution is 0.0470. The van der Waals surface area contributed by atoms with Gasteiger partial charge in [-0.1, -0.05) is 17.3 Å². The highest BCUT2D eigenvalue weighted by molar-refractivity contribution is 5.83. The van der Waals surface area contributed by atoms with Gasteiger partial charge in [0, 0.05) is 0 Å². The summed E-state index contributed by atoms with van der Waals surface area (Å²) in [7, 11) is 0. The standard InChI is InChI=1S/C12H12FN3O3/c1-2-18-12(17)11-15-10(16-19-11)9(14)7-3-5-8(13)6-4-7/h3-6,9H,2,14H2,1H3. The van der Waals surface area contributed by atoms with Crippen molar-refractivity contribution in [3.05, 3.63) is 47.4 Å². The number of ether oxygens (including phenoxy) is 1. The van der Waals surface area contributed by atoms with Gasteiger partial charge in [0.05, 0.1) is 12.6 Å². The van der Waals surface area contributed by atoms with Crippen molar-refractivity contribution in [1.82, 2.24) is 10.1 Å². The molecule has 0 aliphatic heterocycles. The molecule has 1 aromatic carbocycles. The number of carbonyl (C=O) groups excluding carboxylic acids is 1. The third kappa shape index (κ3) is 2.94. The van der Waals surface area contributed by atoms with Crippen LogP contribution in [-0.2, 0) is 4.74 Å². The zero-order valence-corrected chi connectivity index (χ0v) is 10.2. The molecule has 0 radical (unpaired) electrons. The van der Waals surface area contributed by atoms with Crippen molar-refractivity contribution in [2.45, 2.75) is 13.0 Å². The Hall–Kier alpha value is -2.28. The number of halogens is 1. The van der Waals surface area contributed by atoms with Crippen molar-refractivity contribution in [2.75, 3.05) is 6.61 Å². The first-order valence-electron chi connectivity index (χ1n) is 5.63. The van der Waals surface area contributed by atoms with Crippen LogP contribution in [-0.4, -0.2) is 22.7 Å². The second-order valence-corrected chi connectivity index (χ2v) is 3.71. The number of nitrogens with two attached hydrogens (primary N) is 1. The van der Waals surface area contributed by atoms with E-state index in [1.54, 1.807) is 6.92 Å². The summed E-state index contributed by atoms with van der Waals surface area (Å²) in [5, 5.41) is 3.61. The Labute approximate surface area is 108 Å². The summed E-state index contributed by atoms with van der Waals surface area (Å²) in [5.74, 6) is -1.19. The van der Waals surface area contributed by atoms with E-state index in [0.717, 1.165) is 0 Å². The number of hydrogen-bond donors (Lipinski definition) is 1. The van der Waals surface area contributed by atoms with E-state index in [4.69, 9.17) is 15.0 Å². The Bertz CT molecular complexity index is 568. The zero-order valence-electron chi connectivity index (χ0n) is 10.2. The lowest BCUT2D eigenvalue weighted by Crippen LogP contribution is -2.14. The Kier molecular flexibility index (Phi) is 3.86. The minimum Gasteiger partial charge on any atom is -0.459 e. The van der Waals surface area contributed by atoms with Crippen LogP contribution in [0.1, 0.15) is 35.0 Å². The molecule has 0 saturated carbocycles. The lowest BCUT2D eigenvalue weighted by Gasteiger charge is -2.06.